The van der Waals surface area contributed by atoms with Crippen LogP contribution in [-0.2, 0) is 4.79 Å². The number of allylic oxidation sites excluding steroid dienone is 3. The molecular weight excluding hydrogens is 348 g/mol. The Balaban J connectivity index is 1.83. The van der Waals surface area contributed by atoms with Crippen LogP contribution in [0.1, 0.15) is 116 Å². The highest BCUT2D eigenvalue weighted by molar-refractivity contribution is 5.91. The molecule has 1 aliphatic carbocycles. The zero-order chi connectivity index (χ0) is 20.5. The van der Waals surface area contributed by atoms with Gasteiger partial charge >= 0.3 is 0 Å². The summed E-state index contributed by atoms with van der Waals surface area (Å²) in [5.74, 6) is -0.0862. The second-order valence-corrected chi connectivity index (χ2v) is 8.57. The van der Waals surface area contributed by atoms with Crippen LogP contribution in [0.25, 0.3) is 0 Å². The number of rotatable bonds is 17. The van der Waals surface area contributed by atoms with Gasteiger partial charge in [0.1, 0.15) is 11.7 Å². The Morgan fingerprint density at radius 1 is 0.893 bits per heavy atom. The van der Waals surface area contributed by atoms with Crippen LogP contribution in [0.3, 0.4) is 0 Å². The lowest BCUT2D eigenvalue weighted by Crippen LogP contribution is -2.45. The van der Waals surface area contributed by atoms with Crippen molar-refractivity contribution in [1.82, 2.24) is 0 Å². The number of carbonyl (C=O) groups is 1. The van der Waals surface area contributed by atoms with Gasteiger partial charge in [0, 0.05) is 6.42 Å². The zero-order valence-corrected chi connectivity index (χ0v) is 18.2. The smallest absolute Gasteiger partial charge is 0.158 e. The van der Waals surface area contributed by atoms with E-state index in [1.165, 1.54) is 89.2 Å². The molecule has 162 valence electrons. The second kappa shape index (κ2) is 15.9. The summed E-state index contributed by atoms with van der Waals surface area (Å²) >= 11 is 0. The van der Waals surface area contributed by atoms with E-state index < -0.39 is 11.7 Å². The number of aliphatic hydroxyl groups is 2. The molecule has 1 rings (SSSR count). The fourth-order valence-corrected chi connectivity index (χ4v) is 4.00. The minimum atomic E-state index is -1.24. The van der Waals surface area contributed by atoms with Gasteiger partial charge < -0.3 is 10.2 Å². The largest absolute Gasteiger partial charge is 0.386 e. The van der Waals surface area contributed by atoms with E-state index in [-0.39, 0.29) is 12.2 Å². The van der Waals surface area contributed by atoms with Crippen LogP contribution in [0.4, 0.5) is 0 Å². The molecule has 0 saturated carbocycles. The Morgan fingerprint density at radius 2 is 1.39 bits per heavy atom. The van der Waals surface area contributed by atoms with Gasteiger partial charge in [-0.05, 0) is 37.8 Å². The molecule has 0 saturated heterocycles. The van der Waals surface area contributed by atoms with Crippen molar-refractivity contribution in [2.75, 3.05) is 0 Å². The topological polar surface area (TPSA) is 57.5 Å². The molecule has 1 aliphatic rings. The Morgan fingerprint density at radius 3 is 1.93 bits per heavy atom. The molecule has 0 radical (unpaired) electrons. The number of hydrogen-bond donors (Lipinski definition) is 2. The van der Waals surface area contributed by atoms with Crippen LogP contribution in [0.15, 0.2) is 24.3 Å². The number of aliphatic hydroxyl groups excluding tert-OH is 1. The lowest BCUT2D eigenvalue weighted by molar-refractivity contribution is -0.127. The quantitative estimate of drug-likeness (QED) is 0.222. The maximum absolute atomic E-state index is 11.4. The molecule has 0 aromatic rings. The van der Waals surface area contributed by atoms with Crippen LogP contribution in [0.5, 0.6) is 0 Å². The van der Waals surface area contributed by atoms with Gasteiger partial charge in [0.05, 0.1) is 0 Å². The third-order valence-electron chi connectivity index (χ3n) is 5.88. The summed E-state index contributed by atoms with van der Waals surface area (Å²) in [5.41, 5.74) is -1.24. The number of ketones is 1. The van der Waals surface area contributed by atoms with Gasteiger partial charge in [-0.2, -0.15) is 0 Å². The Bertz CT molecular complexity index is 455. The molecule has 2 N–H and O–H groups in total. The monoisotopic (exact) mass is 392 g/mol. The first kappa shape index (κ1) is 25.1. The molecular formula is C25H44O3. The summed E-state index contributed by atoms with van der Waals surface area (Å²) < 4.78 is 0. The lowest BCUT2D eigenvalue weighted by Gasteiger charge is -2.33. The molecule has 3 nitrogen and oxygen atoms in total. The van der Waals surface area contributed by atoms with Crippen molar-refractivity contribution >= 4 is 5.78 Å². The maximum Gasteiger partial charge on any atom is 0.158 e. The minimum absolute atomic E-state index is 0.0561. The van der Waals surface area contributed by atoms with Crippen molar-refractivity contribution in [2.45, 2.75) is 128 Å². The second-order valence-electron chi connectivity index (χ2n) is 8.57. The Labute approximate surface area is 173 Å². The van der Waals surface area contributed by atoms with E-state index >= 15 is 0 Å². The third kappa shape index (κ3) is 11.8. The van der Waals surface area contributed by atoms with E-state index in [9.17, 15) is 15.0 Å². The lowest BCUT2D eigenvalue weighted by atomic mass is 9.82. The average Bonchev–Trinajstić information content (AvgIpc) is 2.67. The first-order valence-electron chi connectivity index (χ1n) is 11.8. The fraction of sp³-hybridized carbons (Fsp3) is 0.800. The van der Waals surface area contributed by atoms with E-state index in [1.807, 2.05) is 0 Å². The molecule has 2 unspecified atom stereocenters. The van der Waals surface area contributed by atoms with Gasteiger partial charge in [-0.3, -0.25) is 4.79 Å². The van der Waals surface area contributed by atoms with Crippen LogP contribution in [0.2, 0.25) is 0 Å². The average molecular weight is 393 g/mol. The van der Waals surface area contributed by atoms with Gasteiger partial charge in [0.15, 0.2) is 5.78 Å². The zero-order valence-electron chi connectivity index (χ0n) is 18.2. The van der Waals surface area contributed by atoms with Crippen molar-refractivity contribution in [3.63, 3.8) is 0 Å². The maximum atomic E-state index is 11.4. The van der Waals surface area contributed by atoms with Gasteiger partial charge in [0.25, 0.3) is 0 Å². The Hall–Kier alpha value is -0.930. The molecule has 0 amide bonds. The third-order valence-corrected chi connectivity index (χ3v) is 5.88. The molecule has 0 bridgehead atoms. The van der Waals surface area contributed by atoms with Crippen LogP contribution < -0.4 is 0 Å². The van der Waals surface area contributed by atoms with E-state index in [1.54, 1.807) is 0 Å². The first-order valence-corrected chi connectivity index (χ1v) is 11.8. The van der Waals surface area contributed by atoms with Gasteiger partial charge in [-0.25, -0.2) is 0 Å². The fourth-order valence-electron chi connectivity index (χ4n) is 4.00. The van der Waals surface area contributed by atoms with Gasteiger partial charge in [-0.15, -0.1) is 0 Å². The van der Waals surface area contributed by atoms with Crippen molar-refractivity contribution < 1.29 is 15.0 Å². The summed E-state index contributed by atoms with van der Waals surface area (Å²) in [6, 6.07) is 0. The van der Waals surface area contributed by atoms with Crippen LogP contribution in [-0.4, -0.2) is 27.7 Å². The van der Waals surface area contributed by atoms with E-state index in [2.05, 4.69) is 19.1 Å². The number of hydrogen-bond acceptors (Lipinski definition) is 3. The van der Waals surface area contributed by atoms with Crippen molar-refractivity contribution in [3.8, 4) is 0 Å². The number of carbonyl (C=O) groups excluding carboxylic acids is 1. The summed E-state index contributed by atoms with van der Waals surface area (Å²) in [6.07, 6.45) is 26.1. The predicted octanol–water partition coefficient (Wildman–Crippen LogP) is 6.43. The van der Waals surface area contributed by atoms with Crippen LogP contribution in [0, 0.1) is 0 Å². The SMILES string of the molecule is CC/C=C/CCCCCCCCCCCCCCCC1(O)CC(=O)C=CC1O. The van der Waals surface area contributed by atoms with Crippen molar-refractivity contribution in [1.29, 1.82) is 0 Å². The van der Waals surface area contributed by atoms with E-state index in [0.717, 1.165) is 19.3 Å². The molecule has 0 heterocycles. The van der Waals surface area contributed by atoms with Gasteiger partial charge in [0.2, 0.25) is 0 Å². The molecule has 0 aromatic carbocycles. The molecule has 0 aromatic heterocycles. The van der Waals surface area contributed by atoms with E-state index in [4.69, 9.17) is 0 Å². The summed E-state index contributed by atoms with van der Waals surface area (Å²) in [7, 11) is 0. The Kier molecular flexibility index (Phi) is 14.3. The summed E-state index contributed by atoms with van der Waals surface area (Å²) in [5, 5.41) is 20.3. The van der Waals surface area contributed by atoms with Crippen molar-refractivity contribution in [3.05, 3.63) is 24.3 Å². The number of unbranched alkanes of at least 4 members (excludes halogenated alkanes) is 13. The highest BCUT2D eigenvalue weighted by Gasteiger charge is 2.37. The molecule has 0 spiro atoms. The first-order chi connectivity index (χ1) is 13.6. The van der Waals surface area contributed by atoms with Gasteiger partial charge in [-0.1, -0.05) is 96.1 Å². The summed E-state index contributed by atoms with van der Waals surface area (Å²) in [6.45, 7) is 2.19. The van der Waals surface area contributed by atoms with E-state index in [0.29, 0.717) is 6.42 Å². The van der Waals surface area contributed by atoms with Crippen molar-refractivity contribution in [2.24, 2.45) is 0 Å². The summed E-state index contributed by atoms with van der Waals surface area (Å²) in [4.78, 5) is 11.4. The normalized spacial score (nSPS) is 22.4. The standard InChI is InChI=1S/C25H44O3/c1-2-3-4-5-6-7-8-9-10-11-12-13-14-15-16-17-18-21-25(28)22-23(26)19-20-24(25)27/h3-4,19-20,24,27-28H,2,5-18,21-22H2,1H3/b4-3+. The highest BCUT2D eigenvalue weighted by atomic mass is 16.3. The molecule has 28 heavy (non-hydrogen) atoms. The minimum Gasteiger partial charge on any atom is -0.386 e. The molecule has 2 atom stereocenters. The molecule has 3 heteroatoms. The molecule has 0 aliphatic heterocycles. The predicted molar refractivity (Wildman–Crippen MR) is 118 cm³/mol. The highest BCUT2D eigenvalue weighted by Crippen LogP contribution is 2.28. The molecule has 0 fully saturated rings. The van der Waals surface area contributed by atoms with Crippen LogP contribution >= 0.6 is 0 Å².